The van der Waals surface area contributed by atoms with E-state index < -0.39 is 11.8 Å². The highest BCUT2D eigenvalue weighted by Gasteiger charge is 2.16. The molecule has 0 bridgehead atoms. The summed E-state index contributed by atoms with van der Waals surface area (Å²) in [4.78, 5) is 45.0. The van der Waals surface area contributed by atoms with Crippen LogP contribution in [-0.2, 0) is 16.2 Å². The van der Waals surface area contributed by atoms with Gasteiger partial charge in [0.15, 0.2) is 16.6 Å². The lowest BCUT2D eigenvalue weighted by Gasteiger charge is -2.12. The van der Waals surface area contributed by atoms with Crippen molar-refractivity contribution in [1.82, 2.24) is 10.3 Å². The van der Waals surface area contributed by atoms with Crippen molar-refractivity contribution in [2.75, 3.05) is 30.6 Å². The molecule has 54 heavy (non-hydrogen) atoms. The number of hydrogen-bond donors (Lipinski definition) is 3. The number of benzene rings is 5. The Bertz CT molecular complexity index is 2240. The van der Waals surface area contributed by atoms with Gasteiger partial charge in [-0.05, 0) is 77.9 Å². The first-order valence-electron chi connectivity index (χ1n) is 16.7. The van der Waals surface area contributed by atoms with E-state index in [0.29, 0.717) is 51.5 Å². The predicted octanol–water partition coefficient (Wildman–Crippen LogP) is 8.55. The van der Waals surface area contributed by atoms with E-state index in [0.717, 1.165) is 16.0 Å². The SMILES string of the molecule is COc1ccc(-c2csc(NC(=O)CSc3cccc(NC(=O)/C(=C/c4ccc(OCc5ccccc5)cc4)NC(=O)c4ccccc4)c3)n2)cc1OC. The quantitative estimate of drug-likeness (QED) is 0.0703. The highest BCUT2D eigenvalue weighted by atomic mass is 32.2. The number of methoxy groups -OCH3 is 2. The fraction of sp³-hybridized carbons (Fsp3) is 0.0952. The van der Waals surface area contributed by atoms with E-state index in [1.807, 2.05) is 84.2 Å². The molecule has 6 aromatic rings. The van der Waals surface area contributed by atoms with Gasteiger partial charge in [-0.2, -0.15) is 0 Å². The summed E-state index contributed by atoms with van der Waals surface area (Å²) in [6.07, 6.45) is 1.61. The number of amides is 3. The molecule has 3 N–H and O–H groups in total. The minimum atomic E-state index is -0.516. The number of thioether (sulfide) groups is 1. The molecule has 0 radical (unpaired) electrons. The van der Waals surface area contributed by atoms with Gasteiger partial charge < -0.3 is 30.2 Å². The van der Waals surface area contributed by atoms with Gasteiger partial charge >= 0.3 is 0 Å². The average molecular weight is 757 g/mol. The number of nitrogens with one attached hydrogen (secondary N) is 3. The van der Waals surface area contributed by atoms with Gasteiger partial charge in [-0.1, -0.05) is 66.7 Å². The van der Waals surface area contributed by atoms with Gasteiger partial charge in [0, 0.05) is 27.1 Å². The highest BCUT2D eigenvalue weighted by Crippen LogP contribution is 2.33. The van der Waals surface area contributed by atoms with E-state index >= 15 is 0 Å². The average Bonchev–Trinajstić information content (AvgIpc) is 3.68. The van der Waals surface area contributed by atoms with Gasteiger partial charge in [-0.25, -0.2) is 4.98 Å². The van der Waals surface area contributed by atoms with Crippen LogP contribution in [-0.4, -0.2) is 42.7 Å². The molecular formula is C42H36N4O6S2. The van der Waals surface area contributed by atoms with Crippen LogP contribution in [0.5, 0.6) is 17.2 Å². The van der Waals surface area contributed by atoms with Gasteiger partial charge in [0.05, 0.1) is 25.7 Å². The van der Waals surface area contributed by atoms with Crippen molar-refractivity contribution < 1.29 is 28.6 Å². The Morgan fingerprint density at radius 1 is 0.778 bits per heavy atom. The number of carbonyl (C=O) groups excluding carboxylic acids is 3. The molecule has 0 saturated carbocycles. The highest BCUT2D eigenvalue weighted by molar-refractivity contribution is 8.00. The molecule has 0 fully saturated rings. The van der Waals surface area contributed by atoms with Crippen molar-refractivity contribution in [3.63, 3.8) is 0 Å². The lowest BCUT2D eigenvalue weighted by Crippen LogP contribution is -2.30. The van der Waals surface area contributed by atoms with Crippen LogP contribution < -0.4 is 30.2 Å². The first kappa shape index (κ1) is 37.4. The normalized spacial score (nSPS) is 11.0. The topological polar surface area (TPSA) is 128 Å². The Labute approximate surface area is 321 Å². The van der Waals surface area contributed by atoms with Crippen molar-refractivity contribution in [1.29, 1.82) is 0 Å². The zero-order valence-electron chi connectivity index (χ0n) is 29.4. The number of nitrogens with zero attached hydrogens (tertiary/aromatic N) is 1. The maximum atomic E-state index is 13.7. The molecule has 1 heterocycles. The molecular weight excluding hydrogens is 721 g/mol. The molecule has 272 valence electrons. The Morgan fingerprint density at radius 3 is 2.26 bits per heavy atom. The van der Waals surface area contributed by atoms with Gasteiger partial charge in [0.25, 0.3) is 11.8 Å². The zero-order valence-corrected chi connectivity index (χ0v) is 31.0. The smallest absolute Gasteiger partial charge is 0.272 e. The third kappa shape index (κ3) is 10.4. The molecule has 0 saturated heterocycles. The second-order valence-electron chi connectivity index (χ2n) is 11.6. The number of thiazole rings is 1. The van der Waals surface area contributed by atoms with Gasteiger partial charge in [0.1, 0.15) is 18.1 Å². The third-order valence-corrected chi connectivity index (χ3v) is 9.61. The molecule has 0 aliphatic rings. The fourth-order valence-electron chi connectivity index (χ4n) is 5.14. The summed E-state index contributed by atoms with van der Waals surface area (Å²) in [5.74, 6) is 0.820. The maximum absolute atomic E-state index is 13.7. The van der Waals surface area contributed by atoms with Gasteiger partial charge in [-0.3, -0.25) is 14.4 Å². The number of rotatable bonds is 15. The van der Waals surface area contributed by atoms with Crippen molar-refractivity contribution in [3.05, 3.63) is 155 Å². The molecule has 1 aromatic heterocycles. The van der Waals surface area contributed by atoms with Crippen molar-refractivity contribution in [2.45, 2.75) is 11.5 Å². The first-order chi connectivity index (χ1) is 26.4. The van der Waals surface area contributed by atoms with Crippen LogP contribution in [0.1, 0.15) is 21.5 Å². The van der Waals surface area contributed by atoms with Crippen LogP contribution in [0.2, 0.25) is 0 Å². The lowest BCUT2D eigenvalue weighted by molar-refractivity contribution is -0.114. The summed E-state index contributed by atoms with van der Waals surface area (Å²) >= 11 is 2.63. The summed E-state index contributed by atoms with van der Waals surface area (Å²) in [6, 6.07) is 38.4. The van der Waals surface area contributed by atoms with E-state index in [2.05, 4.69) is 20.9 Å². The van der Waals surface area contributed by atoms with Crippen molar-refractivity contribution in [3.8, 4) is 28.5 Å². The molecule has 5 aromatic carbocycles. The molecule has 0 atom stereocenters. The first-order valence-corrected chi connectivity index (χ1v) is 18.6. The van der Waals surface area contributed by atoms with Gasteiger partial charge in [0.2, 0.25) is 5.91 Å². The summed E-state index contributed by atoms with van der Waals surface area (Å²) in [7, 11) is 3.15. The standard InChI is InChI=1S/C42H36N4O6S2/c1-50-37-21-18-31(23-38(37)51-2)36-26-54-42(45-36)46-39(47)27-53-34-15-9-14-32(24-34)43-41(49)35(44-40(48)30-12-7-4-8-13-30)22-28-16-19-33(20-17-28)52-25-29-10-5-3-6-11-29/h3-24,26H,25,27H2,1-2H3,(H,43,49)(H,44,48)(H,45,46,47)/b35-22-. The maximum Gasteiger partial charge on any atom is 0.272 e. The molecule has 0 aliphatic heterocycles. The van der Waals surface area contributed by atoms with E-state index in [9.17, 15) is 14.4 Å². The summed E-state index contributed by atoms with van der Waals surface area (Å²) in [6.45, 7) is 0.424. The molecule has 3 amide bonds. The van der Waals surface area contributed by atoms with Crippen LogP contribution in [0.15, 0.2) is 143 Å². The second kappa shape index (κ2) is 18.4. The molecule has 0 unspecified atom stereocenters. The van der Waals surface area contributed by atoms with Crippen molar-refractivity contribution >= 4 is 57.7 Å². The molecule has 10 nitrogen and oxygen atoms in total. The lowest BCUT2D eigenvalue weighted by atomic mass is 10.1. The predicted molar refractivity (Wildman–Crippen MR) is 214 cm³/mol. The molecule has 6 rings (SSSR count). The number of carbonyl (C=O) groups is 3. The summed E-state index contributed by atoms with van der Waals surface area (Å²) < 4.78 is 16.6. The van der Waals surface area contributed by atoms with Crippen LogP contribution in [0.3, 0.4) is 0 Å². The summed E-state index contributed by atoms with van der Waals surface area (Å²) in [5.41, 5.74) is 4.22. The van der Waals surface area contributed by atoms with Crippen LogP contribution in [0, 0.1) is 0 Å². The largest absolute Gasteiger partial charge is 0.493 e. The third-order valence-electron chi connectivity index (χ3n) is 7.86. The zero-order chi connectivity index (χ0) is 37.7. The minimum absolute atomic E-state index is 0.0511. The Kier molecular flexibility index (Phi) is 12.7. The van der Waals surface area contributed by atoms with E-state index in [4.69, 9.17) is 14.2 Å². The van der Waals surface area contributed by atoms with E-state index in [1.165, 1.54) is 23.1 Å². The fourth-order valence-corrected chi connectivity index (χ4v) is 6.63. The van der Waals surface area contributed by atoms with E-state index in [-0.39, 0.29) is 17.4 Å². The number of hydrogen-bond acceptors (Lipinski definition) is 9. The second-order valence-corrected chi connectivity index (χ2v) is 13.6. The minimum Gasteiger partial charge on any atom is -0.493 e. The monoisotopic (exact) mass is 756 g/mol. The number of ether oxygens (including phenoxy) is 3. The molecule has 0 spiro atoms. The Hall–Kier alpha value is -6.37. The van der Waals surface area contributed by atoms with Crippen molar-refractivity contribution in [2.24, 2.45) is 0 Å². The van der Waals surface area contributed by atoms with Gasteiger partial charge in [-0.15, -0.1) is 23.1 Å². The van der Waals surface area contributed by atoms with Crippen LogP contribution in [0.25, 0.3) is 17.3 Å². The summed E-state index contributed by atoms with van der Waals surface area (Å²) in [5, 5.41) is 10.8. The Balaban J connectivity index is 1.09. The molecule has 0 aliphatic carbocycles. The van der Waals surface area contributed by atoms with Crippen LogP contribution in [0.4, 0.5) is 10.8 Å². The van der Waals surface area contributed by atoms with E-state index in [1.54, 1.807) is 68.8 Å². The van der Waals surface area contributed by atoms with Crippen LogP contribution >= 0.6 is 23.1 Å². The number of aromatic nitrogens is 1. The number of anilines is 2. The Morgan fingerprint density at radius 2 is 1.52 bits per heavy atom. The molecule has 12 heteroatoms.